The van der Waals surface area contributed by atoms with Crippen LogP contribution in [0.2, 0.25) is 0 Å². The summed E-state index contributed by atoms with van der Waals surface area (Å²) in [5.41, 5.74) is 2.70. The molecule has 0 spiro atoms. The Kier molecular flexibility index (Phi) is 6.17. The monoisotopic (exact) mass is 351 g/mol. The number of rotatable bonds is 8. The van der Waals surface area contributed by atoms with E-state index in [9.17, 15) is 5.11 Å². The van der Waals surface area contributed by atoms with Gasteiger partial charge in [0.25, 0.3) is 0 Å². The number of hydrogen-bond acceptors (Lipinski definition) is 4. The van der Waals surface area contributed by atoms with Gasteiger partial charge in [-0.3, -0.25) is 4.90 Å². The molecule has 4 nitrogen and oxygen atoms in total. The largest absolute Gasteiger partial charge is 0.497 e. The van der Waals surface area contributed by atoms with Gasteiger partial charge in [0.1, 0.15) is 24.2 Å². The van der Waals surface area contributed by atoms with Crippen molar-refractivity contribution in [3.63, 3.8) is 0 Å². The van der Waals surface area contributed by atoms with Gasteiger partial charge in [-0.15, -0.1) is 6.42 Å². The van der Waals surface area contributed by atoms with Gasteiger partial charge in [0.15, 0.2) is 0 Å². The highest BCUT2D eigenvalue weighted by atomic mass is 16.5. The van der Waals surface area contributed by atoms with Crippen LogP contribution < -0.4 is 9.47 Å². The second-order valence-electron chi connectivity index (χ2n) is 6.53. The van der Waals surface area contributed by atoms with E-state index in [1.807, 2.05) is 24.3 Å². The molecule has 0 radical (unpaired) electrons. The molecule has 2 atom stereocenters. The molecule has 136 valence electrons. The predicted molar refractivity (Wildman–Crippen MR) is 102 cm³/mol. The van der Waals surface area contributed by atoms with Crippen LogP contribution in [0.4, 0.5) is 0 Å². The molecule has 0 aliphatic heterocycles. The minimum absolute atomic E-state index is 0.224. The minimum atomic E-state index is -0.613. The average molecular weight is 351 g/mol. The number of benzene rings is 2. The fourth-order valence-corrected chi connectivity index (χ4v) is 3.52. The first-order valence-corrected chi connectivity index (χ1v) is 8.91. The molecule has 0 saturated carbocycles. The Morgan fingerprint density at radius 2 is 1.92 bits per heavy atom. The summed E-state index contributed by atoms with van der Waals surface area (Å²) in [5.74, 6) is 4.21. The van der Waals surface area contributed by atoms with Gasteiger partial charge in [-0.2, -0.15) is 0 Å². The van der Waals surface area contributed by atoms with Gasteiger partial charge in [-0.05, 0) is 48.2 Å². The molecule has 0 aromatic heterocycles. The van der Waals surface area contributed by atoms with Crippen LogP contribution in [0.15, 0.2) is 48.5 Å². The summed E-state index contributed by atoms with van der Waals surface area (Å²) in [5, 5.41) is 10.5. The van der Waals surface area contributed by atoms with Gasteiger partial charge in [0.2, 0.25) is 0 Å². The third-order valence-corrected chi connectivity index (χ3v) is 4.78. The van der Waals surface area contributed by atoms with Crippen molar-refractivity contribution in [2.75, 3.05) is 26.8 Å². The Balaban J connectivity index is 1.58. The van der Waals surface area contributed by atoms with Crippen LogP contribution >= 0.6 is 0 Å². The molecule has 2 aromatic rings. The van der Waals surface area contributed by atoms with Crippen molar-refractivity contribution in [3.05, 3.63) is 59.7 Å². The molecule has 0 saturated heterocycles. The average Bonchev–Trinajstić information content (AvgIpc) is 3.10. The van der Waals surface area contributed by atoms with Crippen LogP contribution in [-0.2, 0) is 6.42 Å². The maximum atomic E-state index is 10.5. The number of aliphatic hydroxyl groups excluding tert-OH is 1. The van der Waals surface area contributed by atoms with Crippen molar-refractivity contribution in [2.45, 2.75) is 25.0 Å². The Morgan fingerprint density at radius 1 is 1.19 bits per heavy atom. The zero-order chi connectivity index (χ0) is 18.4. The lowest BCUT2D eigenvalue weighted by Crippen LogP contribution is -2.37. The van der Waals surface area contributed by atoms with Crippen LogP contribution in [0.3, 0.4) is 0 Å². The highest BCUT2D eigenvalue weighted by molar-refractivity contribution is 5.34. The topological polar surface area (TPSA) is 41.9 Å². The molecular weight excluding hydrogens is 326 g/mol. The molecule has 1 aliphatic carbocycles. The van der Waals surface area contributed by atoms with Crippen molar-refractivity contribution in [3.8, 4) is 23.8 Å². The van der Waals surface area contributed by atoms with Crippen LogP contribution in [0, 0.1) is 12.3 Å². The second-order valence-corrected chi connectivity index (χ2v) is 6.53. The van der Waals surface area contributed by atoms with E-state index < -0.39 is 6.10 Å². The molecular formula is C22H25NO3. The summed E-state index contributed by atoms with van der Waals surface area (Å²) in [6, 6.07) is 16.1. The highest BCUT2D eigenvalue weighted by Gasteiger charge is 2.28. The molecule has 2 aromatic carbocycles. The number of nitrogens with zero attached hydrogens (tertiary/aromatic N) is 1. The van der Waals surface area contributed by atoms with Crippen LogP contribution in [0.25, 0.3) is 0 Å². The summed E-state index contributed by atoms with van der Waals surface area (Å²) < 4.78 is 10.8. The molecule has 0 fully saturated rings. The van der Waals surface area contributed by atoms with Gasteiger partial charge in [0, 0.05) is 12.6 Å². The number of ether oxygens (including phenoxy) is 2. The molecule has 0 bridgehead atoms. The minimum Gasteiger partial charge on any atom is -0.497 e. The SMILES string of the molecule is C#CCN(CC(O)COc1ccc(OC)cc1)C1CCc2ccccc21. The Morgan fingerprint density at radius 3 is 2.65 bits per heavy atom. The first-order valence-electron chi connectivity index (χ1n) is 8.91. The molecule has 1 N–H and O–H groups in total. The fraction of sp³-hybridized carbons (Fsp3) is 0.364. The summed E-state index contributed by atoms with van der Waals surface area (Å²) in [6.07, 6.45) is 7.05. The van der Waals surface area contributed by atoms with E-state index in [4.69, 9.17) is 15.9 Å². The summed E-state index contributed by atoms with van der Waals surface area (Å²) >= 11 is 0. The molecule has 2 unspecified atom stereocenters. The summed E-state index contributed by atoms with van der Waals surface area (Å²) in [4.78, 5) is 2.17. The maximum absolute atomic E-state index is 10.5. The third-order valence-electron chi connectivity index (χ3n) is 4.78. The van der Waals surface area contributed by atoms with Crippen LogP contribution in [0.5, 0.6) is 11.5 Å². The number of aliphatic hydroxyl groups is 1. The number of fused-ring (bicyclic) bond motifs is 1. The first kappa shape index (κ1) is 18.3. The van der Waals surface area contributed by atoms with Gasteiger partial charge in [0.05, 0.1) is 13.7 Å². The van der Waals surface area contributed by atoms with Crippen molar-refractivity contribution < 1.29 is 14.6 Å². The standard InChI is InChI=1S/C22H25NO3/c1-3-14-23(22-13-8-17-6-4-5-7-21(17)22)15-18(24)16-26-20-11-9-19(25-2)10-12-20/h1,4-7,9-12,18,22,24H,8,13-16H2,2H3. The first-order chi connectivity index (χ1) is 12.7. The quantitative estimate of drug-likeness (QED) is 0.742. The van der Waals surface area contributed by atoms with E-state index in [-0.39, 0.29) is 12.6 Å². The number of methoxy groups -OCH3 is 1. The van der Waals surface area contributed by atoms with E-state index >= 15 is 0 Å². The molecule has 0 amide bonds. The van der Waals surface area contributed by atoms with Crippen molar-refractivity contribution in [2.24, 2.45) is 0 Å². The van der Waals surface area contributed by atoms with Gasteiger partial charge < -0.3 is 14.6 Å². The lowest BCUT2D eigenvalue weighted by atomic mass is 10.1. The van der Waals surface area contributed by atoms with Gasteiger partial charge >= 0.3 is 0 Å². The molecule has 4 heteroatoms. The molecule has 1 aliphatic rings. The second kappa shape index (κ2) is 8.75. The van der Waals surface area contributed by atoms with E-state index in [1.165, 1.54) is 11.1 Å². The normalized spacial score (nSPS) is 16.8. The summed E-state index contributed by atoms with van der Waals surface area (Å²) in [7, 11) is 1.63. The molecule has 0 heterocycles. The number of aryl methyl sites for hydroxylation is 1. The molecule has 26 heavy (non-hydrogen) atoms. The number of terminal acetylenes is 1. The molecule has 3 rings (SSSR count). The highest BCUT2D eigenvalue weighted by Crippen LogP contribution is 2.35. The lowest BCUT2D eigenvalue weighted by molar-refractivity contribution is 0.0576. The van der Waals surface area contributed by atoms with Crippen LogP contribution in [-0.4, -0.2) is 42.9 Å². The van der Waals surface area contributed by atoms with E-state index in [0.717, 1.165) is 18.6 Å². The van der Waals surface area contributed by atoms with E-state index in [0.29, 0.717) is 18.8 Å². The Labute approximate surface area is 155 Å². The van der Waals surface area contributed by atoms with Crippen molar-refractivity contribution in [1.82, 2.24) is 4.90 Å². The Bertz CT molecular complexity index is 751. The maximum Gasteiger partial charge on any atom is 0.119 e. The van der Waals surface area contributed by atoms with E-state index in [1.54, 1.807) is 7.11 Å². The van der Waals surface area contributed by atoms with Crippen LogP contribution in [0.1, 0.15) is 23.6 Å². The summed E-state index contributed by atoms with van der Waals surface area (Å²) in [6.45, 7) is 1.22. The van der Waals surface area contributed by atoms with Crippen molar-refractivity contribution >= 4 is 0 Å². The fourth-order valence-electron chi connectivity index (χ4n) is 3.52. The Hall–Kier alpha value is -2.48. The van der Waals surface area contributed by atoms with E-state index in [2.05, 4.69) is 35.1 Å². The predicted octanol–water partition coefficient (Wildman–Crippen LogP) is 3.06. The van der Waals surface area contributed by atoms with Gasteiger partial charge in [-0.1, -0.05) is 30.2 Å². The zero-order valence-corrected chi connectivity index (χ0v) is 15.1. The third kappa shape index (κ3) is 4.37. The van der Waals surface area contributed by atoms with Gasteiger partial charge in [-0.25, -0.2) is 0 Å². The lowest BCUT2D eigenvalue weighted by Gasteiger charge is -2.29. The van der Waals surface area contributed by atoms with Crippen molar-refractivity contribution in [1.29, 1.82) is 0 Å². The number of hydrogen-bond donors (Lipinski definition) is 1. The smallest absolute Gasteiger partial charge is 0.119 e. The zero-order valence-electron chi connectivity index (χ0n) is 15.1.